The highest BCUT2D eigenvalue weighted by Gasteiger charge is 2.38. The number of ether oxygens (including phenoxy) is 1. The highest BCUT2D eigenvalue weighted by molar-refractivity contribution is 7.98. The number of benzene rings is 1. The van der Waals surface area contributed by atoms with Gasteiger partial charge in [0, 0.05) is 11.4 Å². The molecule has 92 valence electrons. The van der Waals surface area contributed by atoms with Crippen LogP contribution >= 0.6 is 11.8 Å². The van der Waals surface area contributed by atoms with Crippen molar-refractivity contribution in [1.29, 1.82) is 0 Å². The van der Waals surface area contributed by atoms with E-state index in [1.54, 1.807) is 16.7 Å². The van der Waals surface area contributed by atoms with Crippen LogP contribution in [0.2, 0.25) is 0 Å². The second-order valence-electron chi connectivity index (χ2n) is 4.11. The van der Waals surface area contributed by atoms with Crippen molar-refractivity contribution in [3.63, 3.8) is 0 Å². The fourth-order valence-corrected chi connectivity index (χ4v) is 2.66. The van der Waals surface area contributed by atoms with E-state index in [1.807, 2.05) is 32.2 Å². The molecule has 0 aliphatic carbocycles. The Hall–Kier alpha value is -1.16. The van der Waals surface area contributed by atoms with Crippen molar-refractivity contribution in [2.45, 2.75) is 30.9 Å². The number of thioether (sulfide) groups is 1. The number of nitrogens with zero attached hydrogens (tertiary/aromatic N) is 1. The molecule has 0 saturated carbocycles. The molecule has 1 fully saturated rings. The maximum Gasteiger partial charge on any atom is 0.410 e. The molecule has 1 saturated heterocycles. The molecule has 4 heteroatoms. The van der Waals surface area contributed by atoms with Crippen molar-refractivity contribution in [2.24, 2.45) is 0 Å². The van der Waals surface area contributed by atoms with E-state index in [0.717, 1.165) is 5.56 Å². The molecule has 0 bridgehead atoms. The first-order valence-corrected chi connectivity index (χ1v) is 7.01. The summed E-state index contributed by atoms with van der Waals surface area (Å²) in [5, 5.41) is 0. The van der Waals surface area contributed by atoms with Crippen LogP contribution in [-0.4, -0.2) is 29.8 Å². The number of rotatable bonds is 3. The summed E-state index contributed by atoms with van der Waals surface area (Å²) in [4.78, 5) is 14.6. The Bertz CT molecular complexity index is 422. The summed E-state index contributed by atoms with van der Waals surface area (Å²) in [6.07, 6.45) is 1.69. The molecule has 0 spiro atoms. The molecule has 1 aliphatic rings. The van der Waals surface area contributed by atoms with E-state index in [1.165, 1.54) is 4.90 Å². The van der Waals surface area contributed by atoms with E-state index in [-0.39, 0.29) is 18.2 Å². The largest absolute Gasteiger partial charge is 0.439 e. The molecule has 17 heavy (non-hydrogen) atoms. The van der Waals surface area contributed by atoms with Gasteiger partial charge in [-0.2, -0.15) is 0 Å². The molecule has 2 rings (SSSR count). The van der Waals surface area contributed by atoms with Crippen molar-refractivity contribution in [2.75, 3.05) is 12.8 Å². The van der Waals surface area contributed by atoms with Crippen molar-refractivity contribution in [3.05, 3.63) is 29.8 Å². The minimum absolute atomic E-state index is 0.101. The summed E-state index contributed by atoms with van der Waals surface area (Å²) >= 11 is 1.70. The monoisotopic (exact) mass is 251 g/mol. The number of hydrogen-bond donors (Lipinski definition) is 0. The van der Waals surface area contributed by atoms with Crippen LogP contribution in [0.5, 0.6) is 0 Å². The number of hydrogen-bond acceptors (Lipinski definition) is 3. The van der Waals surface area contributed by atoms with Gasteiger partial charge in [-0.25, -0.2) is 4.79 Å². The summed E-state index contributed by atoms with van der Waals surface area (Å²) in [5.74, 6) is 0. The number of amides is 1. The third-order valence-electron chi connectivity index (χ3n) is 3.16. The molecule has 1 aliphatic heterocycles. The van der Waals surface area contributed by atoms with Crippen LogP contribution in [0.15, 0.2) is 29.2 Å². The van der Waals surface area contributed by atoms with Gasteiger partial charge in [-0.3, -0.25) is 0 Å². The van der Waals surface area contributed by atoms with Gasteiger partial charge in [0.1, 0.15) is 6.10 Å². The highest BCUT2D eigenvalue weighted by atomic mass is 32.2. The van der Waals surface area contributed by atoms with Gasteiger partial charge in [0.2, 0.25) is 0 Å². The summed E-state index contributed by atoms with van der Waals surface area (Å²) in [6.45, 7) is 4.70. The van der Waals surface area contributed by atoms with Crippen molar-refractivity contribution in [3.8, 4) is 0 Å². The number of likely N-dealkylation sites (N-methyl/N-ethyl adjacent to an activating group) is 1. The SMILES string of the molecule is CCN1C(=O)O[C@H](c2cccc(SC)c2)[C@@H]1C. The highest BCUT2D eigenvalue weighted by Crippen LogP contribution is 2.33. The lowest BCUT2D eigenvalue weighted by Gasteiger charge is -2.19. The molecule has 3 nitrogen and oxygen atoms in total. The first-order valence-electron chi connectivity index (χ1n) is 5.78. The molecular weight excluding hydrogens is 234 g/mol. The summed E-state index contributed by atoms with van der Waals surface area (Å²) < 4.78 is 5.44. The second-order valence-corrected chi connectivity index (χ2v) is 4.99. The third-order valence-corrected chi connectivity index (χ3v) is 3.88. The number of carbonyl (C=O) groups excluding carboxylic acids is 1. The average Bonchev–Trinajstić information content (AvgIpc) is 2.64. The summed E-state index contributed by atoms with van der Waals surface area (Å²) in [7, 11) is 0. The Morgan fingerprint density at radius 2 is 2.24 bits per heavy atom. The number of carbonyl (C=O) groups is 1. The molecular formula is C13H17NO2S. The maximum absolute atomic E-state index is 11.7. The second kappa shape index (κ2) is 5.00. The van der Waals surface area contributed by atoms with Gasteiger partial charge in [0.15, 0.2) is 0 Å². The molecule has 1 aromatic carbocycles. The molecule has 0 N–H and O–H groups in total. The normalized spacial score (nSPS) is 23.9. The number of cyclic esters (lactones) is 1. The molecule has 0 radical (unpaired) electrons. The van der Waals surface area contributed by atoms with E-state index < -0.39 is 0 Å². The van der Waals surface area contributed by atoms with Crippen molar-refractivity contribution in [1.82, 2.24) is 4.90 Å². The van der Waals surface area contributed by atoms with E-state index in [4.69, 9.17) is 4.74 Å². The van der Waals surface area contributed by atoms with Gasteiger partial charge in [0.25, 0.3) is 0 Å². The Morgan fingerprint density at radius 3 is 2.82 bits per heavy atom. The zero-order valence-electron chi connectivity index (χ0n) is 10.3. The summed E-state index contributed by atoms with van der Waals surface area (Å²) in [6, 6.07) is 8.29. The van der Waals surface area contributed by atoms with Gasteiger partial charge in [-0.05, 0) is 37.8 Å². The van der Waals surface area contributed by atoms with E-state index in [0.29, 0.717) is 6.54 Å². The van der Waals surface area contributed by atoms with Gasteiger partial charge >= 0.3 is 6.09 Å². The Morgan fingerprint density at radius 1 is 1.47 bits per heavy atom. The summed E-state index contributed by atoms with van der Waals surface area (Å²) in [5.41, 5.74) is 1.08. The van der Waals surface area contributed by atoms with Crippen molar-refractivity contribution >= 4 is 17.9 Å². The van der Waals surface area contributed by atoms with Gasteiger partial charge < -0.3 is 9.64 Å². The standard InChI is InChI=1S/C13H17NO2S/c1-4-14-9(2)12(16-13(14)15)10-6-5-7-11(8-10)17-3/h5-9,12H,4H2,1-3H3/t9-,12-/m0/s1. The van der Waals surface area contributed by atoms with Crippen LogP contribution in [0.4, 0.5) is 4.79 Å². The van der Waals surface area contributed by atoms with Gasteiger partial charge in [-0.15, -0.1) is 11.8 Å². The average molecular weight is 251 g/mol. The van der Waals surface area contributed by atoms with Crippen LogP contribution in [0.1, 0.15) is 25.5 Å². The van der Waals surface area contributed by atoms with E-state index >= 15 is 0 Å². The quantitative estimate of drug-likeness (QED) is 0.772. The Labute approximate surface area is 106 Å². The molecule has 1 heterocycles. The van der Waals surface area contributed by atoms with Crippen LogP contribution in [0.3, 0.4) is 0 Å². The smallest absolute Gasteiger partial charge is 0.410 e. The van der Waals surface area contributed by atoms with Crippen LogP contribution in [-0.2, 0) is 4.74 Å². The van der Waals surface area contributed by atoms with Crippen LogP contribution in [0, 0.1) is 0 Å². The maximum atomic E-state index is 11.7. The minimum Gasteiger partial charge on any atom is -0.439 e. The molecule has 0 aromatic heterocycles. The lowest BCUT2D eigenvalue weighted by Crippen LogP contribution is -2.31. The van der Waals surface area contributed by atoms with E-state index in [2.05, 4.69) is 12.1 Å². The lowest BCUT2D eigenvalue weighted by atomic mass is 10.0. The Kier molecular flexibility index (Phi) is 3.62. The zero-order chi connectivity index (χ0) is 12.4. The third kappa shape index (κ3) is 2.27. The molecule has 0 unspecified atom stereocenters. The topological polar surface area (TPSA) is 29.5 Å². The first kappa shape index (κ1) is 12.3. The predicted molar refractivity (Wildman–Crippen MR) is 69.3 cm³/mol. The first-order chi connectivity index (χ1) is 8.17. The molecule has 1 amide bonds. The zero-order valence-corrected chi connectivity index (χ0v) is 11.2. The van der Waals surface area contributed by atoms with Gasteiger partial charge in [-0.1, -0.05) is 12.1 Å². The van der Waals surface area contributed by atoms with Crippen LogP contribution in [0.25, 0.3) is 0 Å². The fourth-order valence-electron chi connectivity index (χ4n) is 2.19. The molecule has 2 atom stereocenters. The minimum atomic E-state index is -0.209. The lowest BCUT2D eigenvalue weighted by molar-refractivity contribution is 0.130. The predicted octanol–water partition coefficient (Wildman–Crippen LogP) is 3.31. The Balaban J connectivity index is 2.25. The van der Waals surface area contributed by atoms with E-state index in [9.17, 15) is 4.79 Å². The molecule has 1 aromatic rings. The fraction of sp³-hybridized carbons (Fsp3) is 0.462. The van der Waals surface area contributed by atoms with Gasteiger partial charge in [0.05, 0.1) is 6.04 Å². The van der Waals surface area contributed by atoms with Crippen LogP contribution < -0.4 is 0 Å². The van der Waals surface area contributed by atoms with Crippen molar-refractivity contribution < 1.29 is 9.53 Å².